The molecule has 6 heteroatoms. The van der Waals surface area contributed by atoms with E-state index in [4.69, 9.17) is 39.5 Å². The lowest BCUT2D eigenvalue weighted by molar-refractivity contribution is 0.315. The van der Waals surface area contributed by atoms with Gasteiger partial charge >= 0.3 is 6.92 Å². The summed E-state index contributed by atoms with van der Waals surface area (Å²) in [6.07, 6.45) is 2.51. The molecule has 0 heterocycles. The number of alkyl halides is 4. The van der Waals surface area contributed by atoms with Crippen molar-refractivity contribution in [3.05, 3.63) is 28.8 Å². The number of rotatable bonds is 7. The number of aryl methyl sites for hydroxylation is 3. The SMILES string of the molecule is CCCCOB(c1c(C)cc(C)cc1C)C(Br)CC(Cl)(Cl)Cl. The quantitative estimate of drug-likeness (QED) is 0.308. The standard InChI is InChI=1S/C16H23BBrCl3O/c1-5-6-7-22-17(14(18)10-16(19,20)21)15-12(3)8-11(2)9-13(15)4/h8-9,14H,5-7,10H2,1-4H3. The van der Waals surface area contributed by atoms with Crippen molar-refractivity contribution in [2.24, 2.45) is 0 Å². The summed E-state index contributed by atoms with van der Waals surface area (Å²) < 4.78 is 4.80. The topological polar surface area (TPSA) is 9.23 Å². The summed E-state index contributed by atoms with van der Waals surface area (Å²) in [6.45, 7) is 9.05. The van der Waals surface area contributed by atoms with Crippen molar-refractivity contribution in [2.45, 2.75) is 55.5 Å². The van der Waals surface area contributed by atoms with Crippen LogP contribution in [0.4, 0.5) is 0 Å². The second-order valence-electron chi connectivity index (χ2n) is 5.79. The molecule has 1 aromatic rings. The summed E-state index contributed by atoms with van der Waals surface area (Å²) in [5, 5.41) is 0. The molecule has 1 atom stereocenters. The van der Waals surface area contributed by atoms with E-state index in [-0.39, 0.29) is 11.6 Å². The second-order valence-corrected chi connectivity index (χ2v) is 9.48. The van der Waals surface area contributed by atoms with Crippen molar-refractivity contribution in [1.82, 2.24) is 0 Å². The minimum absolute atomic E-state index is 0.0584. The molecule has 22 heavy (non-hydrogen) atoms. The molecule has 1 rings (SSSR count). The van der Waals surface area contributed by atoms with E-state index in [9.17, 15) is 0 Å². The van der Waals surface area contributed by atoms with Crippen LogP contribution in [0.2, 0.25) is 0 Å². The van der Waals surface area contributed by atoms with Gasteiger partial charge in [-0.25, -0.2) is 0 Å². The lowest BCUT2D eigenvalue weighted by Crippen LogP contribution is -2.46. The normalized spacial score (nSPS) is 13.3. The molecule has 0 aliphatic carbocycles. The minimum atomic E-state index is -1.30. The molecular weight excluding hydrogens is 405 g/mol. The Morgan fingerprint density at radius 3 is 2.18 bits per heavy atom. The predicted molar refractivity (Wildman–Crippen MR) is 105 cm³/mol. The smallest absolute Gasteiger partial charge is 0.341 e. The van der Waals surface area contributed by atoms with Crippen LogP contribution < -0.4 is 5.46 Å². The van der Waals surface area contributed by atoms with Gasteiger partial charge in [0.1, 0.15) is 0 Å². The fourth-order valence-electron chi connectivity index (χ4n) is 2.69. The summed E-state index contributed by atoms with van der Waals surface area (Å²) in [6, 6.07) is 4.35. The molecule has 0 spiro atoms. The number of hydrogen-bond donors (Lipinski definition) is 0. The molecule has 0 radical (unpaired) electrons. The van der Waals surface area contributed by atoms with E-state index in [1.807, 2.05) is 0 Å². The van der Waals surface area contributed by atoms with Crippen LogP contribution in [0.25, 0.3) is 0 Å². The maximum absolute atomic E-state index is 6.15. The molecular formula is C16H23BBrCl3O. The molecule has 0 bridgehead atoms. The van der Waals surface area contributed by atoms with Crippen LogP contribution >= 0.6 is 50.7 Å². The second kappa shape index (κ2) is 9.18. The van der Waals surface area contributed by atoms with Gasteiger partial charge in [0.25, 0.3) is 0 Å². The van der Waals surface area contributed by atoms with E-state index in [1.54, 1.807) is 0 Å². The van der Waals surface area contributed by atoms with Gasteiger partial charge in [0.05, 0.1) is 0 Å². The summed E-state index contributed by atoms with van der Waals surface area (Å²) in [5.41, 5.74) is 4.87. The number of unbranched alkanes of at least 4 members (excludes halogenated alkanes) is 1. The third kappa shape index (κ3) is 6.61. The van der Waals surface area contributed by atoms with Gasteiger partial charge in [0.15, 0.2) is 3.79 Å². The van der Waals surface area contributed by atoms with Crippen molar-refractivity contribution in [3.63, 3.8) is 0 Å². The van der Waals surface area contributed by atoms with Gasteiger partial charge in [-0.1, -0.05) is 92.9 Å². The number of benzene rings is 1. The Balaban J connectivity index is 3.09. The first-order chi connectivity index (χ1) is 10.2. The third-order valence-corrected chi connectivity index (χ3v) is 4.84. The van der Waals surface area contributed by atoms with Gasteiger partial charge in [0, 0.05) is 17.8 Å². The van der Waals surface area contributed by atoms with Crippen LogP contribution in [-0.2, 0) is 4.65 Å². The predicted octanol–water partition coefficient (Wildman–Crippen LogP) is 5.69. The van der Waals surface area contributed by atoms with Crippen LogP contribution in [0, 0.1) is 20.8 Å². The van der Waals surface area contributed by atoms with Gasteiger partial charge < -0.3 is 4.65 Å². The minimum Gasteiger partial charge on any atom is -0.430 e. The van der Waals surface area contributed by atoms with Crippen LogP contribution in [-0.4, -0.2) is 22.0 Å². The zero-order chi connectivity index (χ0) is 16.9. The fraction of sp³-hybridized carbons (Fsp3) is 0.625. The van der Waals surface area contributed by atoms with Gasteiger partial charge in [-0.3, -0.25) is 0 Å². The highest BCUT2D eigenvalue weighted by molar-refractivity contribution is 9.10. The molecule has 0 saturated heterocycles. The molecule has 0 aliphatic heterocycles. The van der Waals surface area contributed by atoms with Gasteiger partial charge in [-0.05, 0) is 32.7 Å². The highest BCUT2D eigenvalue weighted by Crippen LogP contribution is 2.34. The zero-order valence-electron chi connectivity index (χ0n) is 13.6. The largest absolute Gasteiger partial charge is 0.430 e. The average Bonchev–Trinajstić information content (AvgIpc) is 2.33. The molecule has 0 amide bonds. The Hall–Kier alpha value is 0.595. The van der Waals surface area contributed by atoms with E-state index in [0.29, 0.717) is 13.0 Å². The first-order valence-electron chi connectivity index (χ1n) is 7.56. The first-order valence-corrected chi connectivity index (χ1v) is 9.60. The molecule has 1 aromatic carbocycles. The molecule has 1 unspecified atom stereocenters. The van der Waals surface area contributed by atoms with Gasteiger partial charge in [-0.15, -0.1) is 0 Å². The Morgan fingerprint density at radius 2 is 1.73 bits per heavy atom. The Labute approximate surface area is 158 Å². The lowest BCUT2D eigenvalue weighted by atomic mass is 9.54. The third-order valence-electron chi connectivity index (χ3n) is 3.57. The van der Waals surface area contributed by atoms with Crippen molar-refractivity contribution in [1.29, 1.82) is 0 Å². The molecule has 0 saturated carbocycles. The van der Waals surface area contributed by atoms with E-state index >= 15 is 0 Å². The molecule has 0 aliphatic rings. The number of halogens is 4. The van der Waals surface area contributed by atoms with Crippen molar-refractivity contribution in [2.75, 3.05) is 6.61 Å². The van der Waals surface area contributed by atoms with Crippen LogP contribution in [0.1, 0.15) is 42.9 Å². The average molecular weight is 428 g/mol. The maximum Gasteiger partial charge on any atom is 0.341 e. The highest BCUT2D eigenvalue weighted by Gasteiger charge is 2.35. The summed E-state index contributed by atoms with van der Waals surface area (Å²) in [4.78, 5) is 0. The van der Waals surface area contributed by atoms with E-state index in [1.165, 1.54) is 22.2 Å². The zero-order valence-corrected chi connectivity index (χ0v) is 17.4. The van der Waals surface area contributed by atoms with Crippen molar-refractivity contribution >= 4 is 63.1 Å². The van der Waals surface area contributed by atoms with E-state index < -0.39 is 3.79 Å². The maximum atomic E-state index is 6.15. The summed E-state index contributed by atoms with van der Waals surface area (Å²) in [5.74, 6) is 0. The molecule has 124 valence electrons. The van der Waals surface area contributed by atoms with E-state index in [2.05, 4.69) is 55.8 Å². The first kappa shape index (κ1) is 20.6. The molecule has 0 aromatic heterocycles. The van der Waals surface area contributed by atoms with Crippen LogP contribution in [0.5, 0.6) is 0 Å². The van der Waals surface area contributed by atoms with Crippen molar-refractivity contribution in [3.8, 4) is 0 Å². The fourth-order valence-corrected chi connectivity index (χ4v) is 4.65. The summed E-state index contributed by atoms with van der Waals surface area (Å²) >= 11 is 21.6. The molecule has 0 N–H and O–H groups in total. The lowest BCUT2D eigenvalue weighted by Gasteiger charge is -2.26. The molecule has 1 nitrogen and oxygen atoms in total. The van der Waals surface area contributed by atoms with Crippen LogP contribution in [0.3, 0.4) is 0 Å². The van der Waals surface area contributed by atoms with Crippen molar-refractivity contribution < 1.29 is 4.65 Å². The highest BCUT2D eigenvalue weighted by atomic mass is 79.9. The Morgan fingerprint density at radius 1 is 1.18 bits per heavy atom. The Kier molecular flexibility index (Phi) is 8.61. The molecule has 0 fully saturated rings. The summed E-state index contributed by atoms with van der Waals surface area (Å²) in [7, 11) is 0. The van der Waals surface area contributed by atoms with Gasteiger partial charge in [-0.2, -0.15) is 0 Å². The van der Waals surface area contributed by atoms with Gasteiger partial charge in [0.2, 0.25) is 0 Å². The number of hydrogen-bond acceptors (Lipinski definition) is 1. The van der Waals surface area contributed by atoms with Crippen LogP contribution in [0.15, 0.2) is 12.1 Å². The van der Waals surface area contributed by atoms with E-state index in [0.717, 1.165) is 12.8 Å². The Bertz CT molecular complexity index is 468. The monoisotopic (exact) mass is 426 g/mol.